The van der Waals surface area contributed by atoms with E-state index in [0.29, 0.717) is 0 Å². The maximum Gasteiger partial charge on any atom is 0.264 e. The minimum atomic E-state index is -2.73. The van der Waals surface area contributed by atoms with E-state index in [9.17, 15) is 4.57 Å². The lowest BCUT2D eigenvalue weighted by Crippen LogP contribution is -2.16. The van der Waals surface area contributed by atoms with Gasteiger partial charge in [0.05, 0.1) is 6.10 Å². The van der Waals surface area contributed by atoms with Gasteiger partial charge in [-0.1, -0.05) is 19.3 Å². The maximum atomic E-state index is 11.0. The summed E-state index contributed by atoms with van der Waals surface area (Å²) in [5, 5.41) is 0. The van der Waals surface area contributed by atoms with Crippen LogP contribution in [-0.4, -0.2) is 12.8 Å². The minimum absolute atomic E-state index is 0.157. The summed E-state index contributed by atoms with van der Waals surface area (Å²) in [6.07, 6.45) is 5.85. The summed E-state index contributed by atoms with van der Waals surface area (Å²) in [4.78, 5) is 0. The largest absolute Gasteiger partial charge is 0.315 e. The molecule has 1 saturated carbocycles. The highest BCUT2D eigenvalue weighted by Crippen LogP contribution is 2.37. The number of hydrogen-bond acceptors (Lipinski definition) is 2. The second kappa shape index (κ2) is 3.70. The first-order chi connectivity index (χ1) is 5.08. The van der Waals surface area contributed by atoms with Crippen molar-refractivity contribution in [1.82, 2.24) is 0 Å². The van der Waals surface area contributed by atoms with Crippen molar-refractivity contribution in [3.8, 4) is 0 Å². The van der Waals surface area contributed by atoms with Crippen LogP contribution in [0.3, 0.4) is 0 Å². The topological polar surface area (TPSA) is 52.3 Å². The van der Waals surface area contributed by atoms with Crippen LogP contribution in [0.2, 0.25) is 0 Å². The van der Waals surface area contributed by atoms with Gasteiger partial charge in [0.1, 0.15) is 0 Å². The van der Waals surface area contributed by atoms with Gasteiger partial charge in [-0.05, 0) is 12.8 Å². The molecule has 0 saturated heterocycles. The van der Waals surface area contributed by atoms with E-state index in [1.165, 1.54) is 25.9 Å². The van der Waals surface area contributed by atoms with Crippen LogP contribution < -0.4 is 5.50 Å². The highest BCUT2D eigenvalue weighted by Gasteiger charge is 2.19. The molecule has 0 aromatic carbocycles. The Morgan fingerprint density at radius 3 is 2.36 bits per heavy atom. The molecule has 0 heterocycles. The lowest BCUT2D eigenvalue weighted by molar-refractivity contribution is 0.159. The molecule has 66 valence electrons. The molecule has 3 nitrogen and oxygen atoms in total. The van der Waals surface area contributed by atoms with E-state index in [1.807, 2.05) is 0 Å². The lowest BCUT2D eigenvalue weighted by Gasteiger charge is -2.23. The maximum absolute atomic E-state index is 11.0. The van der Waals surface area contributed by atoms with Crippen molar-refractivity contribution in [3.05, 3.63) is 0 Å². The average molecular weight is 177 g/mol. The van der Waals surface area contributed by atoms with Crippen LogP contribution in [0.25, 0.3) is 0 Å². The van der Waals surface area contributed by atoms with Crippen LogP contribution in [-0.2, 0) is 9.09 Å². The summed E-state index contributed by atoms with van der Waals surface area (Å²) in [5.74, 6) is 0. The number of hydrogen-bond donors (Lipinski definition) is 1. The molecule has 2 N–H and O–H groups in total. The summed E-state index contributed by atoms with van der Waals surface area (Å²) in [5.41, 5.74) is 5.30. The summed E-state index contributed by atoms with van der Waals surface area (Å²) in [7, 11) is -2.73. The van der Waals surface area contributed by atoms with Crippen LogP contribution >= 0.6 is 7.52 Å². The van der Waals surface area contributed by atoms with Crippen LogP contribution in [0, 0.1) is 0 Å². The van der Waals surface area contributed by atoms with Crippen molar-refractivity contribution in [2.75, 3.05) is 6.66 Å². The fourth-order valence-corrected chi connectivity index (χ4v) is 2.27. The molecule has 1 aliphatic carbocycles. The molecule has 4 heteroatoms. The van der Waals surface area contributed by atoms with Crippen molar-refractivity contribution >= 4 is 7.52 Å². The Kier molecular flexibility index (Phi) is 3.11. The highest BCUT2D eigenvalue weighted by atomic mass is 31.2. The molecule has 0 aliphatic heterocycles. The third-order valence-electron chi connectivity index (χ3n) is 1.91. The van der Waals surface area contributed by atoms with Gasteiger partial charge in [-0.15, -0.1) is 0 Å². The molecule has 0 aromatic rings. The summed E-state index contributed by atoms with van der Waals surface area (Å²) >= 11 is 0. The van der Waals surface area contributed by atoms with E-state index < -0.39 is 7.52 Å². The first-order valence-corrected chi connectivity index (χ1v) is 6.26. The Balaban J connectivity index is 2.30. The molecule has 1 rings (SSSR count). The molecule has 0 spiro atoms. The zero-order chi connectivity index (χ0) is 8.32. The van der Waals surface area contributed by atoms with Gasteiger partial charge >= 0.3 is 0 Å². The molecule has 0 aromatic heterocycles. The third-order valence-corrected chi connectivity index (χ3v) is 2.63. The molecular weight excluding hydrogens is 161 g/mol. The van der Waals surface area contributed by atoms with E-state index in [4.69, 9.17) is 10.0 Å². The highest BCUT2D eigenvalue weighted by molar-refractivity contribution is 7.55. The van der Waals surface area contributed by atoms with E-state index in [0.717, 1.165) is 12.8 Å². The lowest BCUT2D eigenvalue weighted by atomic mass is 9.98. The predicted molar refractivity (Wildman–Crippen MR) is 45.7 cm³/mol. The second-order valence-corrected chi connectivity index (χ2v) is 5.30. The predicted octanol–water partition coefficient (Wildman–Crippen LogP) is 2.12. The number of rotatable bonds is 2. The van der Waals surface area contributed by atoms with E-state index in [-0.39, 0.29) is 6.10 Å². The number of nitrogens with two attached hydrogens (primary N) is 1. The smallest absolute Gasteiger partial charge is 0.264 e. The first kappa shape index (κ1) is 9.24. The Hall–Kier alpha value is 0.150. The van der Waals surface area contributed by atoms with Crippen LogP contribution in [0.5, 0.6) is 0 Å². The van der Waals surface area contributed by atoms with Gasteiger partial charge < -0.3 is 4.52 Å². The first-order valence-electron chi connectivity index (χ1n) is 4.12. The van der Waals surface area contributed by atoms with Gasteiger partial charge in [-0.25, -0.2) is 0 Å². The molecule has 1 fully saturated rings. The monoisotopic (exact) mass is 177 g/mol. The van der Waals surface area contributed by atoms with Crippen molar-refractivity contribution in [1.29, 1.82) is 0 Å². The van der Waals surface area contributed by atoms with E-state index >= 15 is 0 Å². The van der Waals surface area contributed by atoms with Crippen molar-refractivity contribution in [2.45, 2.75) is 38.2 Å². The van der Waals surface area contributed by atoms with Gasteiger partial charge in [0.25, 0.3) is 7.52 Å². The Bertz CT molecular complexity index is 160. The van der Waals surface area contributed by atoms with Crippen LogP contribution in [0.4, 0.5) is 0 Å². The zero-order valence-electron chi connectivity index (χ0n) is 6.95. The van der Waals surface area contributed by atoms with Crippen LogP contribution in [0.1, 0.15) is 32.1 Å². The van der Waals surface area contributed by atoms with Gasteiger partial charge in [0, 0.05) is 6.66 Å². The fraction of sp³-hybridized carbons (Fsp3) is 1.00. The standard InChI is InChI=1S/C7H16NO2P/c1-11(8,9)10-7-5-3-2-4-6-7/h7H,2-6H2,1H3,(H2,8,9). The molecule has 1 atom stereocenters. The van der Waals surface area contributed by atoms with Crippen molar-refractivity contribution in [3.63, 3.8) is 0 Å². The Morgan fingerprint density at radius 2 is 1.91 bits per heavy atom. The third kappa shape index (κ3) is 3.90. The molecule has 1 aliphatic rings. The summed E-state index contributed by atoms with van der Waals surface area (Å²) < 4.78 is 16.3. The molecule has 0 bridgehead atoms. The second-order valence-electron chi connectivity index (χ2n) is 3.27. The minimum Gasteiger partial charge on any atom is -0.315 e. The molecule has 0 amide bonds. The van der Waals surface area contributed by atoms with Crippen molar-refractivity contribution < 1.29 is 9.09 Å². The van der Waals surface area contributed by atoms with Gasteiger partial charge in [0.15, 0.2) is 0 Å². The zero-order valence-corrected chi connectivity index (χ0v) is 7.85. The van der Waals surface area contributed by atoms with Gasteiger partial charge in [0.2, 0.25) is 0 Å². The SMILES string of the molecule is CP(N)(=O)OC1CCCCC1. The van der Waals surface area contributed by atoms with E-state index in [2.05, 4.69) is 0 Å². The van der Waals surface area contributed by atoms with Crippen molar-refractivity contribution in [2.24, 2.45) is 5.50 Å². The normalized spacial score (nSPS) is 26.4. The summed E-state index contributed by atoms with van der Waals surface area (Å²) in [6.45, 7) is 1.47. The van der Waals surface area contributed by atoms with Crippen LogP contribution in [0.15, 0.2) is 0 Å². The average Bonchev–Trinajstić information content (AvgIpc) is 1.85. The Labute approximate surface area is 67.8 Å². The molecular formula is C7H16NO2P. The van der Waals surface area contributed by atoms with E-state index in [1.54, 1.807) is 0 Å². The molecule has 1 unspecified atom stereocenters. The quantitative estimate of drug-likeness (QED) is 0.657. The fourth-order valence-electron chi connectivity index (χ4n) is 1.47. The Morgan fingerprint density at radius 1 is 1.36 bits per heavy atom. The summed E-state index contributed by atoms with van der Waals surface area (Å²) in [6, 6.07) is 0. The van der Waals surface area contributed by atoms with Gasteiger partial charge in [-0.2, -0.15) is 0 Å². The molecule has 11 heavy (non-hydrogen) atoms. The molecule has 0 radical (unpaired) electrons. The van der Waals surface area contributed by atoms with Gasteiger partial charge in [-0.3, -0.25) is 10.1 Å².